The third kappa shape index (κ3) is 2.76. The third-order valence-electron chi connectivity index (χ3n) is 2.75. The first-order chi connectivity index (χ1) is 10.2. The van der Waals surface area contributed by atoms with E-state index in [0.29, 0.717) is 11.5 Å². The topological polar surface area (TPSA) is 72.7 Å². The number of nitrogens with zero attached hydrogens (tertiary/aromatic N) is 4. The van der Waals surface area contributed by atoms with Gasteiger partial charge in [-0.3, -0.25) is 4.79 Å². The van der Waals surface area contributed by atoms with Gasteiger partial charge in [0, 0.05) is 36.4 Å². The smallest absolute Gasteiger partial charge is 0.255 e. The van der Waals surface area contributed by atoms with Crippen molar-refractivity contribution in [2.45, 2.75) is 0 Å². The molecule has 0 atom stereocenters. The molecule has 0 aliphatic heterocycles. The number of carbonyl (C=O) groups is 1. The van der Waals surface area contributed by atoms with E-state index in [1.165, 1.54) is 16.9 Å². The van der Waals surface area contributed by atoms with Crippen LogP contribution in [0.4, 0.5) is 10.1 Å². The molecule has 0 saturated carbocycles. The van der Waals surface area contributed by atoms with E-state index in [-0.39, 0.29) is 5.56 Å². The first-order valence-electron chi connectivity index (χ1n) is 6.12. The molecule has 1 amide bonds. The molecular formula is C14H10FN5O. The summed E-state index contributed by atoms with van der Waals surface area (Å²) in [7, 11) is 0. The van der Waals surface area contributed by atoms with Crippen LogP contribution in [0.1, 0.15) is 10.4 Å². The first-order valence-corrected chi connectivity index (χ1v) is 6.12. The van der Waals surface area contributed by atoms with Gasteiger partial charge in [-0.1, -0.05) is 0 Å². The Morgan fingerprint density at radius 1 is 1.14 bits per heavy atom. The number of hydrogen-bond acceptors (Lipinski definition) is 4. The minimum atomic E-state index is -0.707. The maximum atomic E-state index is 13.1. The summed E-state index contributed by atoms with van der Waals surface area (Å²) >= 11 is 0. The molecule has 0 spiro atoms. The summed E-state index contributed by atoms with van der Waals surface area (Å²) < 4.78 is 14.6. The average Bonchev–Trinajstić information content (AvgIpc) is 3.02. The molecule has 104 valence electrons. The van der Waals surface area contributed by atoms with E-state index in [0.717, 1.165) is 6.07 Å². The Bertz CT molecular complexity index is 773. The number of rotatable bonds is 3. The fourth-order valence-electron chi connectivity index (χ4n) is 1.81. The molecule has 0 aliphatic carbocycles. The Morgan fingerprint density at radius 3 is 2.81 bits per heavy atom. The lowest BCUT2D eigenvalue weighted by atomic mass is 10.2. The average molecular weight is 283 g/mol. The summed E-state index contributed by atoms with van der Waals surface area (Å²) in [5.41, 5.74) is 0.654. The highest BCUT2D eigenvalue weighted by molar-refractivity contribution is 6.04. The highest BCUT2D eigenvalue weighted by Crippen LogP contribution is 2.17. The van der Waals surface area contributed by atoms with Gasteiger partial charge in [-0.15, -0.1) is 0 Å². The van der Waals surface area contributed by atoms with Crippen LogP contribution in [-0.4, -0.2) is 25.7 Å². The molecular weight excluding hydrogens is 273 g/mol. The van der Waals surface area contributed by atoms with E-state index in [1.54, 1.807) is 36.8 Å². The first kappa shape index (κ1) is 12.9. The van der Waals surface area contributed by atoms with Gasteiger partial charge in [0.1, 0.15) is 0 Å². The molecule has 6 nitrogen and oxygen atoms in total. The van der Waals surface area contributed by atoms with E-state index in [4.69, 9.17) is 0 Å². The summed E-state index contributed by atoms with van der Waals surface area (Å²) in [4.78, 5) is 19.7. The molecule has 21 heavy (non-hydrogen) atoms. The Kier molecular flexibility index (Phi) is 3.38. The zero-order valence-corrected chi connectivity index (χ0v) is 10.8. The Balaban J connectivity index is 1.90. The van der Waals surface area contributed by atoms with Crippen molar-refractivity contribution in [1.82, 2.24) is 19.7 Å². The number of nitrogens with one attached hydrogen (secondary N) is 1. The molecule has 0 unspecified atom stereocenters. The number of aromatic nitrogens is 4. The molecule has 7 heteroatoms. The van der Waals surface area contributed by atoms with Gasteiger partial charge in [0.25, 0.3) is 5.91 Å². The maximum Gasteiger partial charge on any atom is 0.255 e. The minimum Gasteiger partial charge on any atom is -0.319 e. The molecule has 0 fully saturated rings. The van der Waals surface area contributed by atoms with E-state index >= 15 is 0 Å². The monoisotopic (exact) mass is 283 g/mol. The van der Waals surface area contributed by atoms with Crippen molar-refractivity contribution in [2.24, 2.45) is 0 Å². The number of amides is 1. The highest BCUT2D eigenvalue weighted by Gasteiger charge is 2.12. The predicted molar refractivity (Wildman–Crippen MR) is 73.5 cm³/mol. The highest BCUT2D eigenvalue weighted by atomic mass is 19.1. The lowest BCUT2D eigenvalue weighted by Crippen LogP contribution is -2.15. The van der Waals surface area contributed by atoms with Gasteiger partial charge in [0.15, 0.2) is 5.82 Å². The molecule has 0 saturated heterocycles. The van der Waals surface area contributed by atoms with Gasteiger partial charge in [-0.25, -0.2) is 14.6 Å². The molecule has 3 aromatic rings. The van der Waals surface area contributed by atoms with Crippen molar-refractivity contribution in [3.63, 3.8) is 0 Å². The van der Waals surface area contributed by atoms with Crippen molar-refractivity contribution in [1.29, 1.82) is 0 Å². The molecule has 0 radical (unpaired) electrons. The lowest BCUT2D eigenvalue weighted by Gasteiger charge is -2.09. The van der Waals surface area contributed by atoms with E-state index in [2.05, 4.69) is 20.4 Å². The summed E-state index contributed by atoms with van der Waals surface area (Å²) in [6, 6.07) is 7.63. The second kappa shape index (κ2) is 5.49. The number of pyridine rings is 2. The van der Waals surface area contributed by atoms with Crippen LogP contribution < -0.4 is 5.32 Å². The van der Waals surface area contributed by atoms with Crippen LogP contribution in [0.2, 0.25) is 0 Å². The molecule has 3 aromatic heterocycles. The summed E-state index contributed by atoms with van der Waals surface area (Å²) in [6.45, 7) is 0. The lowest BCUT2D eigenvalue weighted by molar-refractivity contribution is 0.102. The minimum absolute atomic E-state index is 0.178. The Morgan fingerprint density at radius 2 is 2.05 bits per heavy atom. The number of hydrogen-bond donors (Lipinski definition) is 1. The van der Waals surface area contributed by atoms with Crippen LogP contribution in [0.15, 0.2) is 55.1 Å². The van der Waals surface area contributed by atoms with Crippen LogP contribution in [0.25, 0.3) is 5.82 Å². The van der Waals surface area contributed by atoms with Crippen molar-refractivity contribution >= 4 is 11.6 Å². The predicted octanol–water partition coefficient (Wildman–Crippen LogP) is 2.05. The fourth-order valence-corrected chi connectivity index (χ4v) is 1.81. The molecule has 0 aliphatic rings. The summed E-state index contributed by atoms with van der Waals surface area (Å²) in [5, 5.41) is 6.76. The maximum absolute atomic E-state index is 13.1. The summed E-state index contributed by atoms with van der Waals surface area (Å²) in [5.74, 6) is -0.677. The van der Waals surface area contributed by atoms with E-state index in [9.17, 15) is 9.18 Å². The van der Waals surface area contributed by atoms with Gasteiger partial charge in [-0.2, -0.15) is 9.49 Å². The normalized spacial score (nSPS) is 10.3. The molecule has 3 heterocycles. The fraction of sp³-hybridized carbons (Fsp3) is 0. The number of anilines is 1. The van der Waals surface area contributed by atoms with E-state index in [1.807, 2.05) is 0 Å². The number of halogens is 1. The van der Waals surface area contributed by atoms with Crippen LogP contribution in [0, 0.1) is 5.95 Å². The molecule has 0 bridgehead atoms. The summed E-state index contributed by atoms with van der Waals surface area (Å²) in [6.07, 6.45) is 6.16. The van der Waals surface area contributed by atoms with Gasteiger partial charge in [0.2, 0.25) is 5.95 Å². The van der Waals surface area contributed by atoms with Crippen molar-refractivity contribution in [3.05, 3.63) is 66.6 Å². The van der Waals surface area contributed by atoms with Crippen LogP contribution in [-0.2, 0) is 0 Å². The van der Waals surface area contributed by atoms with Crippen LogP contribution in [0.5, 0.6) is 0 Å². The van der Waals surface area contributed by atoms with Crippen molar-refractivity contribution in [3.8, 4) is 5.82 Å². The Hall–Kier alpha value is -3.09. The SMILES string of the molecule is O=C(Nc1cccnc1-n1cccn1)c1ccnc(F)c1. The van der Waals surface area contributed by atoms with E-state index < -0.39 is 11.9 Å². The molecule has 1 N–H and O–H groups in total. The second-order valence-corrected chi connectivity index (χ2v) is 4.15. The third-order valence-corrected chi connectivity index (χ3v) is 2.75. The second-order valence-electron chi connectivity index (χ2n) is 4.15. The number of carbonyl (C=O) groups excluding carboxylic acids is 1. The zero-order valence-electron chi connectivity index (χ0n) is 10.8. The standard InChI is InChI=1S/C14H10FN5O/c15-12-9-10(4-7-16-12)14(21)19-11-3-1-5-17-13(11)20-8-2-6-18-20/h1-9H,(H,19,21). The van der Waals surface area contributed by atoms with Gasteiger partial charge < -0.3 is 5.32 Å². The van der Waals surface area contributed by atoms with Crippen LogP contribution in [0.3, 0.4) is 0 Å². The molecule has 0 aromatic carbocycles. The largest absolute Gasteiger partial charge is 0.319 e. The van der Waals surface area contributed by atoms with Gasteiger partial charge in [-0.05, 0) is 24.3 Å². The quantitative estimate of drug-likeness (QED) is 0.747. The zero-order chi connectivity index (χ0) is 14.7. The van der Waals surface area contributed by atoms with Gasteiger partial charge in [0.05, 0.1) is 5.69 Å². The van der Waals surface area contributed by atoms with Crippen molar-refractivity contribution < 1.29 is 9.18 Å². The van der Waals surface area contributed by atoms with Gasteiger partial charge >= 0.3 is 0 Å². The Labute approximate surface area is 119 Å². The molecule has 3 rings (SSSR count). The van der Waals surface area contributed by atoms with Crippen molar-refractivity contribution in [2.75, 3.05) is 5.32 Å². The van der Waals surface area contributed by atoms with Crippen LogP contribution >= 0.6 is 0 Å².